The average molecular weight is 300 g/mol. The fourth-order valence-corrected chi connectivity index (χ4v) is 1.95. The molecule has 0 spiro atoms. The topological polar surface area (TPSA) is 50.4 Å². The molecule has 0 radical (unpaired) electrons. The second-order valence-electron chi connectivity index (χ2n) is 4.79. The fraction of sp³-hybridized carbons (Fsp3) is 0.533. The zero-order chi connectivity index (χ0) is 15.7. The molecule has 0 aromatic heterocycles. The first-order valence-electron chi connectivity index (χ1n) is 7.05. The van der Waals surface area contributed by atoms with E-state index in [1.54, 1.807) is 12.1 Å². The number of hydrogen-bond donors (Lipinski definition) is 2. The van der Waals surface area contributed by atoms with E-state index in [-0.39, 0.29) is 17.7 Å². The smallest absolute Gasteiger partial charge is 0.387 e. The van der Waals surface area contributed by atoms with Crippen molar-refractivity contribution in [1.29, 1.82) is 0 Å². The molecule has 2 N–H and O–H groups in total. The van der Waals surface area contributed by atoms with Gasteiger partial charge < -0.3 is 15.4 Å². The highest BCUT2D eigenvalue weighted by atomic mass is 19.3. The molecule has 0 saturated heterocycles. The van der Waals surface area contributed by atoms with Crippen LogP contribution in [0.2, 0.25) is 0 Å². The number of hydrogen-bond acceptors (Lipinski definition) is 3. The van der Waals surface area contributed by atoms with Crippen LogP contribution in [0.3, 0.4) is 0 Å². The van der Waals surface area contributed by atoms with Crippen molar-refractivity contribution in [3.63, 3.8) is 0 Å². The Morgan fingerprint density at radius 3 is 2.52 bits per heavy atom. The maximum Gasteiger partial charge on any atom is 0.387 e. The Kier molecular flexibility index (Phi) is 7.68. The molecule has 0 aliphatic heterocycles. The lowest BCUT2D eigenvalue weighted by molar-refractivity contribution is -0.121. The zero-order valence-corrected chi connectivity index (χ0v) is 12.4. The number of halogens is 2. The summed E-state index contributed by atoms with van der Waals surface area (Å²) in [7, 11) is 0. The normalized spacial score (nSPS) is 12.2. The van der Waals surface area contributed by atoms with Crippen molar-refractivity contribution in [1.82, 2.24) is 10.6 Å². The van der Waals surface area contributed by atoms with E-state index in [1.165, 1.54) is 12.1 Å². The van der Waals surface area contributed by atoms with Gasteiger partial charge in [0.1, 0.15) is 5.75 Å². The minimum absolute atomic E-state index is 0.00102. The van der Waals surface area contributed by atoms with Crippen molar-refractivity contribution < 1.29 is 18.3 Å². The molecule has 118 valence electrons. The average Bonchev–Trinajstić information content (AvgIpc) is 2.40. The van der Waals surface area contributed by atoms with E-state index >= 15 is 0 Å². The molecule has 0 aliphatic rings. The molecule has 1 atom stereocenters. The summed E-state index contributed by atoms with van der Waals surface area (Å²) in [5.74, 6) is 0.137. The number of carbonyl (C=O) groups is 1. The molecule has 0 aliphatic carbocycles. The predicted octanol–water partition coefficient (Wildman–Crippen LogP) is 2.33. The van der Waals surface area contributed by atoms with Crippen LogP contribution in [0.5, 0.6) is 5.75 Å². The number of carbonyl (C=O) groups excluding carboxylic acids is 1. The Bertz CT molecular complexity index is 424. The van der Waals surface area contributed by atoms with Crippen LogP contribution in [0.25, 0.3) is 0 Å². The quantitative estimate of drug-likeness (QED) is 0.736. The first-order chi connectivity index (χ1) is 10.0. The van der Waals surface area contributed by atoms with Crippen LogP contribution in [0.1, 0.15) is 25.8 Å². The molecule has 21 heavy (non-hydrogen) atoms. The Balaban J connectivity index is 2.27. The van der Waals surface area contributed by atoms with Gasteiger partial charge in [-0.05, 0) is 37.6 Å². The molecule has 4 nitrogen and oxygen atoms in total. The van der Waals surface area contributed by atoms with Crippen LogP contribution in [-0.4, -0.2) is 31.7 Å². The molecule has 6 heteroatoms. The molecule has 1 amide bonds. The monoisotopic (exact) mass is 300 g/mol. The van der Waals surface area contributed by atoms with E-state index in [0.29, 0.717) is 19.4 Å². The molecule has 1 aromatic carbocycles. The first kappa shape index (κ1) is 17.4. The van der Waals surface area contributed by atoms with E-state index in [0.717, 1.165) is 12.1 Å². The van der Waals surface area contributed by atoms with E-state index in [4.69, 9.17) is 0 Å². The van der Waals surface area contributed by atoms with Gasteiger partial charge in [0.2, 0.25) is 5.91 Å². The summed E-state index contributed by atoms with van der Waals surface area (Å²) in [6.45, 7) is 2.50. The highest BCUT2D eigenvalue weighted by molar-refractivity contribution is 5.76. The molecular formula is C15H22F2N2O2. The molecule has 0 bridgehead atoms. The zero-order valence-electron chi connectivity index (χ0n) is 12.4. The standard InChI is InChI=1S/C15H22F2N2O2/c1-3-18-11(2)10-14(20)19-9-8-12-4-6-13(7-5-12)21-15(16)17/h4-7,11,15,18H,3,8-10H2,1-2H3,(H,19,20). The number of alkyl halides is 2. The summed E-state index contributed by atoms with van der Waals surface area (Å²) >= 11 is 0. The summed E-state index contributed by atoms with van der Waals surface area (Å²) in [6, 6.07) is 6.57. The summed E-state index contributed by atoms with van der Waals surface area (Å²) in [5, 5.41) is 6.01. The van der Waals surface area contributed by atoms with Crippen LogP contribution in [0.4, 0.5) is 8.78 Å². The van der Waals surface area contributed by atoms with Crippen molar-refractivity contribution in [3.8, 4) is 5.75 Å². The number of ether oxygens (including phenoxy) is 1. The van der Waals surface area contributed by atoms with Gasteiger partial charge in [-0.25, -0.2) is 0 Å². The van der Waals surface area contributed by atoms with Gasteiger partial charge in [-0.15, -0.1) is 0 Å². The van der Waals surface area contributed by atoms with Gasteiger partial charge in [-0.2, -0.15) is 8.78 Å². The van der Waals surface area contributed by atoms with Gasteiger partial charge >= 0.3 is 6.61 Å². The van der Waals surface area contributed by atoms with Gasteiger partial charge in [-0.1, -0.05) is 19.1 Å². The Labute approximate surface area is 123 Å². The SMILES string of the molecule is CCNC(C)CC(=O)NCCc1ccc(OC(F)F)cc1. The highest BCUT2D eigenvalue weighted by Crippen LogP contribution is 2.14. The van der Waals surface area contributed by atoms with Gasteiger partial charge in [-0.3, -0.25) is 4.79 Å². The van der Waals surface area contributed by atoms with Crippen molar-refractivity contribution in [2.45, 2.75) is 39.3 Å². The van der Waals surface area contributed by atoms with Gasteiger partial charge in [0, 0.05) is 19.0 Å². The van der Waals surface area contributed by atoms with Crippen molar-refractivity contribution in [3.05, 3.63) is 29.8 Å². The number of benzene rings is 1. The summed E-state index contributed by atoms with van der Waals surface area (Å²) < 4.78 is 28.3. The maximum absolute atomic E-state index is 12.0. The van der Waals surface area contributed by atoms with Crippen LogP contribution in [0.15, 0.2) is 24.3 Å². The Hall–Kier alpha value is -1.69. The van der Waals surface area contributed by atoms with E-state index in [9.17, 15) is 13.6 Å². The third kappa shape index (κ3) is 7.60. The van der Waals surface area contributed by atoms with Crippen LogP contribution in [0, 0.1) is 0 Å². The fourth-order valence-electron chi connectivity index (χ4n) is 1.95. The number of amides is 1. The second-order valence-corrected chi connectivity index (χ2v) is 4.79. The molecule has 1 rings (SSSR count). The lowest BCUT2D eigenvalue weighted by Crippen LogP contribution is -2.34. The van der Waals surface area contributed by atoms with Crippen LogP contribution in [-0.2, 0) is 11.2 Å². The maximum atomic E-state index is 12.0. The van der Waals surface area contributed by atoms with E-state index in [1.807, 2.05) is 13.8 Å². The van der Waals surface area contributed by atoms with Crippen molar-refractivity contribution >= 4 is 5.91 Å². The summed E-state index contributed by atoms with van der Waals surface area (Å²) in [5.41, 5.74) is 0.955. The Morgan fingerprint density at radius 1 is 1.29 bits per heavy atom. The number of rotatable bonds is 9. The minimum atomic E-state index is -2.81. The molecular weight excluding hydrogens is 278 g/mol. The third-order valence-corrected chi connectivity index (χ3v) is 2.93. The summed E-state index contributed by atoms with van der Waals surface area (Å²) in [6.07, 6.45) is 1.09. The molecule has 0 saturated carbocycles. The largest absolute Gasteiger partial charge is 0.435 e. The van der Waals surface area contributed by atoms with Crippen LogP contribution < -0.4 is 15.4 Å². The molecule has 0 heterocycles. The number of nitrogens with one attached hydrogen (secondary N) is 2. The highest BCUT2D eigenvalue weighted by Gasteiger charge is 2.07. The van der Waals surface area contributed by atoms with E-state index in [2.05, 4.69) is 15.4 Å². The third-order valence-electron chi connectivity index (χ3n) is 2.93. The van der Waals surface area contributed by atoms with Crippen molar-refractivity contribution in [2.75, 3.05) is 13.1 Å². The summed E-state index contributed by atoms with van der Waals surface area (Å²) in [4.78, 5) is 11.6. The second kappa shape index (κ2) is 9.28. The first-order valence-corrected chi connectivity index (χ1v) is 7.05. The molecule has 1 aromatic rings. The minimum Gasteiger partial charge on any atom is -0.435 e. The lowest BCUT2D eigenvalue weighted by atomic mass is 10.1. The van der Waals surface area contributed by atoms with Gasteiger partial charge in [0.15, 0.2) is 0 Å². The Morgan fingerprint density at radius 2 is 1.95 bits per heavy atom. The lowest BCUT2D eigenvalue weighted by Gasteiger charge is -2.12. The van der Waals surface area contributed by atoms with Gasteiger partial charge in [0.05, 0.1) is 0 Å². The van der Waals surface area contributed by atoms with Gasteiger partial charge in [0.25, 0.3) is 0 Å². The molecule has 1 unspecified atom stereocenters. The van der Waals surface area contributed by atoms with Crippen molar-refractivity contribution in [2.24, 2.45) is 0 Å². The molecule has 0 fully saturated rings. The predicted molar refractivity (Wildman–Crippen MR) is 77.5 cm³/mol. The van der Waals surface area contributed by atoms with Crippen LogP contribution >= 0.6 is 0 Å². The van der Waals surface area contributed by atoms with E-state index < -0.39 is 6.61 Å².